The molecule has 0 aliphatic heterocycles. The fourth-order valence-electron chi connectivity index (χ4n) is 2.13. The maximum Gasteiger partial charge on any atom is 0.252 e. The van der Waals surface area contributed by atoms with Gasteiger partial charge in [0.25, 0.3) is 5.91 Å². The van der Waals surface area contributed by atoms with E-state index >= 15 is 0 Å². The average Bonchev–Trinajstić information content (AvgIpc) is 3.08. The molecular formula is C17H20N2O2S. The van der Waals surface area contributed by atoms with Crippen molar-refractivity contribution in [1.82, 2.24) is 10.2 Å². The predicted octanol–water partition coefficient (Wildman–Crippen LogP) is 3.09. The lowest BCUT2D eigenvalue weighted by atomic mass is 10.1. The number of benzene rings is 1. The van der Waals surface area contributed by atoms with Crippen LogP contribution in [0.5, 0.6) is 0 Å². The molecule has 2 aromatic rings. The summed E-state index contributed by atoms with van der Waals surface area (Å²) in [5.74, 6) is -0.116. The third kappa shape index (κ3) is 4.18. The van der Waals surface area contributed by atoms with E-state index in [1.54, 1.807) is 23.4 Å². The minimum absolute atomic E-state index is 0.0151. The van der Waals surface area contributed by atoms with Gasteiger partial charge < -0.3 is 10.2 Å². The molecule has 0 aliphatic rings. The van der Waals surface area contributed by atoms with Crippen LogP contribution in [0, 0.1) is 0 Å². The highest BCUT2D eigenvalue weighted by Crippen LogP contribution is 2.18. The number of nitrogens with zero attached hydrogens (tertiary/aromatic N) is 1. The van der Waals surface area contributed by atoms with Crippen LogP contribution >= 0.6 is 11.3 Å². The van der Waals surface area contributed by atoms with Gasteiger partial charge in [0, 0.05) is 31.0 Å². The minimum atomic E-state index is -0.132. The highest BCUT2D eigenvalue weighted by Gasteiger charge is 2.17. The molecule has 5 heteroatoms. The van der Waals surface area contributed by atoms with E-state index in [4.69, 9.17) is 0 Å². The van der Waals surface area contributed by atoms with Gasteiger partial charge in [0.05, 0.1) is 6.04 Å². The van der Waals surface area contributed by atoms with Crippen molar-refractivity contribution in [2.75, 3.05) is 13.6 Å². The van der Waals surface area contributed by atoms with Crippen molar-refractivity contribution in [3.05, 3.63) is 58.3 Å². The second-order valence-corrected chi connectivity index (χ2v) is 5.89. The van der Waals surface area contributed by atoms with E-state index in [-0.39, 0.29) is 17.9 Å². The summed E-state index contributed by atoms with van der Waals surface area (Å²) in [5, 5.41) is 6.42. The number of hydrogen-bond acceptors (Lipinski definition) is 3. The third-order valence-corrected chi connectivity index (χ3v) is 4.35. The molecule has 0 saturated carbocycles. The van der Waals surface area contributed by atoms with Crippen LogP contribution < -0.4 is 5.32 Å². The number of rotatable bonds is 6. The van der Waals surface area contributed by atoms with Gasteiger partial charge in [0.1, 0.15) is 0 Å². The molecule has 2 amide bonds. The zero-order chi connectivity index (χ0) is 15.9. The Morgan fingerprint density at radius 2 is 1.95 bits per heavy atom. The number of hydrogen-bond donors (Lipinski definition) is 1. The molecule has 1 N–H and O–H groups in total. The molecule has 1 heterocycles. The Bertz CT molecular complexity index is 611. The summed E-state index contributed by atoms with van der Waals surface area (Å²) in [7, 11) is 1.79. The van der Waals surface area contributed by atoms with Gasteiger partial charge in [-0.3, -0.25) is 9.59 Å². The molecule has 4 nitrogen and oxygen atoms in total. The Labute approximate surface area is 134 Å². The van der Waals surface area contributed by atoms with Gasteiger partial charge in [0.2, 0.25) is 5.91 Å². The number of carbonyl (C=O) groups is 2. The minimum Gasteiger partial charge on any atom is -0.351 e. The van der Waals surface area contributed by atoms with Crippen LogP contribution in [-0.4, -0.2) is 30.3 Å². The van der Waals surface area contributed by atoms with E-state index in [9.17, 15) is 9.59 Å². The molecule has 0 fully saturated rings. The number of amides is 2. The van der Waals surface area contributed by atoms with Crippen LogP contribution in [0.3, 0.4) is 0 Å². The van der Waals surface area contributed by atoms with Crippen LogP contribution in [0.4, 0.5) is 0 Å². The molecule has 1 unspecified atom stereocenters. The summed E-state index contributed by atoms with van der Waals surface area (Å²) in [4.78, 5) is 25.7. The second kappa shape index (κ2) is 7.75. The van der Waals surface area contributed by atoms with Crippen LogP contribution in [0.1, 0.15) is 35.3 Å². The number of thiophene rings is 1. The summed E-state index contributed by atoms with van der Waals surface area (Å²) in [6.07, 6.45) is 0.295. The molecule has 116 valence electrons. The van der Waals surface area contributed by atoms with Gasteiger partial charge in [0.15, 0.2) is 0 Å². The first-order chi connectivity index (χ1) is 10.6. The first-order valence-corrected chi connectivity index (χ1v) is 8.15. The Hall–Kier alpha value is -2.14. The largest absolute Gasteiger partial charge is 0.351 e. The topological polar surface area (TPSA) is 49.4 Å². The molecule has 22 heavy (non-hydrogen) atoms. The van der Waals surface area contributed by atoms with E-state index < -0.39 is 0 Å². The maximum absolute atomic E-state index is 12.2. The lowest BCUT2D eigenvalue weighted by molar-refractivity contribution is -0.131. The highest BCUT2D eigenvalue weighted by atomic mass is 32.1. The normalized spacial score (nSPS) is 11.7. The van der Waals surface area contributed by atoms with E-state index in [0.29, 0.717) is 18.5 Å². The van der Waals surface area contributed by atoms with E-state index in [0.717, 1.165) is 5.56 Å². The van der Waals surface area contributed by atoms with Crippen molar-refractivity contribution < 1.29 is 9.59 Å². The van der Waals surface area contributed by atoms with E-state index in [2.05, 4.69) is 5.32 Å². The Kier molecular flexibility index (Phi) is 5.72. The average molecular weight is 316 g/mol. The number of nitrogens with one attached hydrogen (secondary N) is 1. The smallest absolute Gasteiger partial charge is 0.252 e. The van der Waals surface area contributed by atoms with Gasteiger partial charge in [-0.25, -0.2) is 0 Å². The summed E-state index contributed by atoms with van der Waals surface area (Å²) >= 11 is 1.48. The third-order valence-electron chi connectivity index (χ3n) is 3.66. The summed E-state index contributed by atoms with van der Waals surface area (Å²) in [5.41, 5.74) is 1.74. The monoisotopic (exact) mass is 316 g/mol. The van der Waals surface area contributed by atoms with Crippen LogP contribution in [0.2, 0.25) is 0 Å². The molecule has 0 saturated heterocycles. The molecule has 1 aromatic heterocycles. The first-order valence-electron chi connectivity index (χ1n) is 7.20. The molecular weight excluding hydrogens is 296 g/mol. The van der Waals surface area contributed by atoms with Crippen molar-refractivity contribution in [2.45, 2.75) is 19.4 Å². The fraction of sp³-hybridized carbons (Fsp3) is 0.294. The summed E-state index contributed by atoms with van der Waals surface area (Å²) < 4.78 is 0. The quantitative estimate of drug-likeness (QED) is 0.890. The Balaban J connectivity index is 1.80. The molecule has 0 aliphatic carbocycles. The highest BCUT2D eigenvalue weighted by molar-refractivity contribution is 7.08. The predicted molar refractivity (Wildman–Crippen MR) is 88.9 cm³/mol. The van der Waals surface area contributed by atoms with Gasteiger partial charge in [-0.2, -0.15) is 11.3 Å². The lowest BCUT2D eigenvalue weighted by Gasteiger charge is -2.25. The van der Waals surface area contributed by atoms with Crippen molar-refractivity contribution in [3.63, 3.8) is 0 Å². The standard InChI is InChI=1S/C17H20N2O2S/c1-13(14-6-4-3-5-7-14)19(2)16(20)8-10-18-17(21)15-9-11-22-12-15/h3-7,9,11-13H,8,10H2,1-2H3,(H,18,21). The maximum atomic E-state index is 12.2. The van der Waals surface area contributed by atoms with E-state index in [1.165, 1.54) is 11.3 Å². The van der Waals surface area contributed by atoms with Crippen molar-refractivity contribution >= 4 is 23.2 Å². The first kappa shape index (κ1) is 16.2. The molecule has 0 bridgehead atoms. The molecule has 1 atom stereocenters. The fourth-order valence-corrected chi connectivity index (χ4v) is 2.76. The van der Waals surface area contributed by atoms with Gasteiger partial charge in [-0.1, -0.05) is 30.3 Å². The zero-order valence-electron chi connectivity index (χ0n) is 12.8. The van der Waals surface area contributed by atoms with Crippen molar-refractivity contribution in [1.29, 1.82) is 0 Å². The van der Waals surface area contributed by atoms with Gasteiger partial charge in [-0.05, 0) is 23.9 Å². The van der Waals surface area contributed by atoms with Gasteiger partial charge >= 0.3 is 0 Å². The molecule has 0 radical (unpaired) electrons. The van der Waals surface area contributed by atoms with E-state index in [1.807, 2.05) is 42.6 Å². The zero-order valence-corrected chi connectivity index (χ0v) is 13.6. The molecule has 1 aromatic carbocycles. The summed E-state index contributed by atoms with van der Waals surface area (Å²) in [6, 6.07) is 11.7. The van der Waals surface area contributed by atoms with Crippen molar-refractivity contribution in [3.8, 4) is 0 Å². The Morgan fingerprint density at radius 1 is 1.23 bits per heavy atom. The van der Waals surface area contributed by atoms with Crippen LogP contribution in [-0.2, 0) is 4.79 Å². The van der Waals surface area contributed by atoms with Crippen molar-refractivity contribution in [2.24, 2.45) is 0 Å². The van der Waals surface area contributed by atoms with Crippen LogP contribution in [0.25, 0.3) is 0 Å². The van der Waals surface area contributed by atoms with Crippen LogP contribution in [0.15, 0.2) is 47.2 Å². The lowest BCUT2D eigenvalue weighted by Crippen LogP contribution is -2.33. The second-order valence-electron chi connectivity index (χ2n) is 5.11. The number of carbonyl (C=O) groups excluding carboxylic acids is 2. The summed E-state index contributed by atoms with van der Waals surface area (Å²) in [6.45, 7) is 2.34. The SMILES string of the molecule is CC(c1ccccc1)N(C)C(=O)CCNC(=O)c1ccsc1. The van der Waals surface area contributed by atoms with Gasteiger partial charge in [-0.15, -0.1) is 0 Å². The molecule has 2 rings (SSSR count). The molecule has 0 spiro atoms. The Morgan fingerprint density at radius 3 is 2.59 bits per heavy atom.